The highest BCUT2D eigenvalue weighted by Gasteiger charge is 2.41. The molecular weight excluding hydrogens is 408 g/mol. The van der Waals surface area contributed by atoms with E-state index in [-0.39, 0.29) is 12.0 Å². The number of benzene rings is 1. The predicted molar refractivity (Wildman–Crippen MR) is 108 cm³/mol. The van der Waals surface area contributed by atoms with Crippen molar-refractivity contribution in [1.29, 1.82) is 0 Å². The van der Waals surface area contributed by atoms with Crippen LogP contribution in [0.5, 0.6) is 5.88 Å². The number of carbonyl (C=O) groups excluding carboxylic acids is 1. The van der Waals surface area contributed by atoms with Crippen molar-refractivity contribution >= 4 is 21.8 Å². The van der Waals surface area contributed by atoms with Gasteiger partial charge in [-0.05, 0) is 50.5 Å². The second-order valence-corrected chi connectivity index (χ2v) is 7.93. The Hall–Kier alpha value is -1.92. The lowest BCUT2D eigenvalue weighted by molar-refractivity contribution is -0.130. The third-order valence-electron chi connectivity index (χ3n) is 4.81. The molecule has 1 aromatic carbocycles. The molecule has 27 heavy (non-hydrogen) atoms. The minimum atomic E-state index is -0.569. The first-order valence-electron chi connectivity index (χ1n) is 9.24. The van der Waals surface area contributed by atoms with Gasteiger partial charge in [0.2, 0.25) is 11.8 Å². The highest BCUT2D eigenvalue weighted by atomic mass is 79.9. The van der Waals surface area contributed by atoms with E-state index in [1.807, 2.05) is 50.2 Å². The first-order valence-corrected chi connectivity index (χ1v) is 10.0. The molecule has 0 unspecified atom stereocenters. The summed E-state index contributed by atoms with van der Waals surface area (Å²) < 4.78 is 12.3. The van der Waals surface area contributed by atoms with Gasteiger partial charge in [-0.25, -0.2) is 4.98 Å². The number of rotatable bonds is 6. The van der Waals surface area contributed by atoms with Crippen molar-refractivity contribution in [3.63, 3.8) is 0 Å². The molecule has 1 fully saturated rings. The zero-order chi connectivity index (χ0) is 19.3. The molecule has 1 amide bonds. The van der Waals surface area contributed by atoms with Gasteiger partial charge in [-0.15, -0.1) is 0 Å². The number of aromatic nitrogens is 1. The predicted octanol–water partition coefficient (Wildman–Crippen LogP) is 4.00. The van der Waals surface area contributed by atoms with Gasteiger partial charge in [0.1, 0.15) is 0 Å². The molecule has 3 rings (SSSR count). The van der Waals surface area contributed by atoms with Crippen molar-refractivity contribution < 1.29 is 14.3 Å². The van der Waals surface area contributed by atoms with Crippen LogP contribution in [0.25, 0.3) is 0 Å². The topological polar surface area (TPSA) is 60.5 Å². The Labute approximate surface area is 168 Å². The van der Waals surface area contributed by atoms with Gasteiger partial charge in [-0.1, -0.05) is 34.1 Å². The van der Waals surface area contributed by atoms with Crippen LogP contribution in [0.15, 0.2) is 47.1 Å². The van der Waals surface area contributed by atoms with Gasteiger partial charge in [0.05, 0.1) is 11.5 Å². The third kappa shape index (κ3) is 4.68. The van der Waals surface area contributed by atoms with Crippen LogP contribution in [-0.4, -0.2) is 30.2 Å². The number of halogens is 1. The molecule has 1 aliphatic rings. The van der Waals surface area contributed by atoms with Gasteiger partial charge >= 0.3 is 0 Å². The monoisotopic (exact) mass is 432 g/mol. The second-order valence-electron chi connectivity index (χ2n) is 7.02. The van der Waals surface area contributed by atoms with Gasteiger partial charge in [-0.2, -0.15) is 0 Å². The first-order chi connectivity index (χ1) is 13.0. The van der Waals surface area contributed by atoms with Crippen molar-refractivity contribution in [2.75, 3.05) is 13.2 Å². The molecule has 0 bridgehead atoms. The number of nitrogens with one attached hydrogen (secondary N) is 1. The zero-order valence-electron chi connectivity index (χ0n) is 15.7. The standard InChI is InChI=1S/C21H25BrN2O3/c1-15(2)27-19-16(4-3-11-23-19)14-24-20(25)21(9-12-26-13-10-21)17-5-7-18(22)8-6-17/h3-8,11,15H,9-10,12-14H2,1-2H3,(H,24,25). The summed E-state index contributed by atoms with van der Waals surface area (Å²) >= 11 is 3.47. The Morgan fingerprint density at radius 3 is 2.63 bits per heavy atom. The Kier molecular flexibility index (Phi) is 6.50. The lowest BCUT2D eigenvalue weighted by Gasteiger charge is -2.36. The first kappa shape index (κ1) is 19.8. The molecule has 0 saturated carbocycles. The maximum absolute atomic E-state index is 13.3. The maximum Gasteiger partial charge on any atom is 0.231 e. The molecule has 6 heteroatoms. The number of nitrogens with zero attached hydrogens (tertiary/aromatic N) is 1. The fraction of sp³-hybridized carbons (Fsp3) is 0.429. The van der Waals surface area contributed by atoms with E-state index in [2.05, 4.69) is 26.2 Å². The van der Waals surface area contributed by atoms with E-state index < -0.39 is 5.41 Å². The van der Waals surface area contributed by atoms with Gasteiger partial charge in [0.25, 0.3) is 0 Å². The van der Waals surface area contributed by atoms with E-state index in [0.29, 0.717) is 38.5 Å². The van der Waals surface area contributed by atoms with E-state index >= 15 is 0 Å². The molecular formula is C21H25BrN2O3. The van der Waals surface area contributed by atoms with E-state index in [9.17, 15) is 4.79 Å². The highest BCUT2D eigenvalue weighted by Crippen LogP contribution is 2.36. The van der Waals surface area contributed by atoms with Crippen LogP contribution in [0.1, 0.15) is 37.8 Å². The summed E-state index contributed by atoms with van der Waals surface area (Å²) in [6.07, 6.45) is 3.07. The quantitative estimate of drug-likeness (QED) is 0.749. The maximum atomic E-state index is 13.3. The minimum absolute atomic E-state index is 0.0208. The molecule has 144 valence electrons. The summed E-state index contributed by atoms with van der Waals surface area (Å²) in [5.74, 6) is 0.588. The van der Waals surface area contributed by atoms with Crippen LogP contribution in [-0.2, 0) is 21.5 Å². The normalized spacial score (nSPS) is 16.1. The summed E-state index contributed by atoms with van der Waals surface area (Å²) in [6.45, 7) is 5.47. The van der Waals surface area contributed by atoms with Gasteiger partial charge in [-0.3, -0.25) is 4.79 Å². The van der Waals surface area contributed by atoms with Crippen molar-refractivity contribution in [2.45, 2.75) is 44.8 Å². The molecule has 0 spiro atoms. The number of carbonyl (C=O) groups is 1. The molecule has 0 atom stereocenters. The summed E-state index contributed by atoms with van der Waals surface area (Å²) in [5, 5.41) is 3.11. The number of ether oxygens (including phenoxy) is 2. The highest BCUT2D eigenvalue weighted by molar-refractivity contribution is 9.10. The van der Waals surface area contributed by atoms with Gasteiger partial charge in [0, 0.05) is 36.0 Å². The Bertz CT molecular complexity index is 771. The second kappa shape index (κ2) is 8.85. The average Bonchev–Trinajstić information content (AvgIpc) is 2.67. The SMILES string of the molecule is CC(C)Oc1ncccc1CNC(=O)C1(c2ccc(Br)cc2)CCOCC1. The molecule has 1 aromatic heterocycles. The van der Waals surface area contributed by atoms with E-state index in [1.165, 1.54) is 0 Å². The van der Waals surface area contributed by atoms with Crippen LogP contribution in [0, 0.1) is 0 Å². The molecule has 2 heterocycles. The fourth-order valence-electron chi connectivity index (χ4n) is 3.37. The van der Waals surface area contributed by atoms with Crippen molar-refractivity contribution in [2.24, 2.45) is 0 Å². The Morgan fingerprint density at radius 1 is 1.26 bits per heavy atom. The van der Waals surface area contributed by atoms with Gasteiger partial charge < -0.3 is 14.8 Å². The molecule has 0 aliphatic carbocycles. The van der Waals surface area contributed by atoms with Crippen LogP contribution in [0.2, 0.25) is 0 Å². The summed E-state index contributed by atoms with van der Waals surface area (Å²) in [6, 6.07) is 11.8. The molecule has 1 aliphatic heterocycles. The molecule has 5 nitrogen and oxygen atoms in total. The fourth-order valence-corrected chi connectivity index (χ4v) is 3.63. The minimum Gasteiger partial charge on any atom is -0.475 e. The van der Waals surface area contributed by atoms with Crippen LogP contribution in [0.3, 0.4) is 0 Å². The largest absolute Gasteiger partial charge is 0.475 e. The summed E-state index contributed by atoms with van der Waals surface area (Å²) in [7, 11) is 0. The molecule has 1 N–H and O–H groups in total. The third-order valence-corrected chi connectivity index (χ3v) is 5.34. The molecule has 2 aromatic rings. The molecule has 1 saturated heterocycles. The Balaban J connectivity index is 1.79. The number of hydrogen-bond donors (Lipinski definition) is 1. The van der Waals surface area contributed by atoms with E-state index in [0.717, 1.165) is 15.6 Å². The number of pyridine rings is 1. The van der Waals surface area contributed by atoms with Crippen molar-refractivity contribution in [3.05, 3.63) is 58.2 Å². The summed E-state index contributed by atoms with van der Waals surface area (Å²) in [4.78, 5) is 17.6. The smallest absolute Gasteiger partial charge is 0.231 e. The summed E-state index contributed by atoms with van der Waals surface area (Å²) in [5.41, 5.74) is 1.33. The van der Waals surface area contributed by atoms with Crippen LogP contribution >= 0.6 is 15.9 Å². The average molecular weight is 433 g/mol. The lowest BCUT2D eigenvalue weighted by atomic mass is 9.73. The van der Waals surface area contributed by atoms with Gasteiger partial charge in [0.15, 0.2) is 0 Å². The van der Waals surface area contributed by atoms with Crippen molar-refractivity contribution in [1.82, 2.24) is 10.3 Å². The lowest BCUT2D eigenvalue weighted by Crippen LogP contribution is -2.47. The number of hydrogen-bond acceptors (Lipinski definition) is 4. The van der Waals surface area contributed by atoms with E-state index in [1.54, 1.807) is 6.20 Å². The van der Waals surface area contributed by atoms with E-state index in [4.69, 9.17) is 9.47 Å². The van der Waals surface area contributed by atoms with Crippen LogP contribution in [0.4, 0.5) is 0 Å². The van der Waals surface area contributed by atoms with Crippen LogP contribution < -0.4 is 10.1 Å². The van der Waals surface area contributed by atoms with Crippen molar-refractivity contribution in [3.8, 4) is 5.88 Å². The molecule has 0 radical (unpaired) electrons. The Morgan fingerprint density at radius 2 is 1.96 bits per heavy atom. The zero-order valence-corrected chi connectivity index (χ0v) is 17.3. The number of amides is 1.